The average molecular weight is 280 g/mol. The van der Waals surface area contributed by atoms with Crippen LogP contribution in [0.15, 0.2) is 48.5 Å². The maximum absolute atomic E-state index is 12.1. The Balaban J connectivity index is 2.43. The number of benzene rings is 2. The van der Waals surface area contributed by atoms with Crippen LogP contribution in [-0.2, 0) is 0 Å². The predicted octanol–water partition coefficient (Wildman–Crippen LogP) is 2.53. The molecular formula is C15H8N2O4. The first-order valence-electron chi connectivity index (χ1n) is 5.87. The highest BCUT2D eigenvalue weighted by Crippen LogP contribution is 2.20. The zero-order valence-corrected chi connectivity index (χ0v) is 10.6. The second-order valence-corrected chi connectivity index (χ2v) is 4.13. The standard InChI is InChI=1S/C15H8N2O4/c16-9-10-4-3-5-11(8-10)14(18)15(19)12-6-1-2-7-13(12)17(20)21/h1-8H. The first-order valence-corrected chi connectivity index (χ1v) is 5.87. The topological polar surface area (TPSA) is 101 Å². The number of nitriles is 1. The SMILES string of the molecule is N#Cc1cccc(C(=O)C(=O)c2ccccc2[N+](=O)[O-])c1. The second kappa shape index (κ2) is 5.75. The number of carbonyl (C=O) groups is 2. The lowest BCUT2D eigenvalue weighted by Crippen LogP contribution is -2.16. The molecule has 0 heterocycles. The third kappa shape index (κ3) is 2.82. The van der Waals surface area contributed by atoms with Crippen LogP contribution < -0.4 is 0 Å². The third-order valence-corrected chi connectivity index (χ3v) is 2.81. The average Bonchev–Trinajstić information content (AvgIpc) is 2.53. The van der Waals surface area contributed by atoms with E-state index in [4.69, 9.17) is 5.26 Å². The second-order valence-electron chi connectivity index (χ2n) is 4.13. The van der Waals surface area contributed by atoms with E-state index in [1.807, 2.05) is 6.07 Å². The Kier molecular flexibility index (Phi) is 3.86. The van der Waals surface area contributed by atoms with Gasteiger partial charge in [-0.05, 0) is 18.2 Å². The molecule has 0 saturated heterocycles. The van der Waals surface area contributed by atoms with Gasteiger partial charge in [0.1, 0.15) is 5.56 Å². The summed E-state index contributed by atoms with van der Waals surface area (Å²) < 4.78 is 0. The summed E-state index contributed by atoms with van der Waals surface area (Å²) in [4.78, 5) is 34.4. The van der Waals surface area contributed by atoms with Gasteiger partial charge in [0.25, 0.3) is 5.69 Å². The fourth-order valence-corrected chi connectivity index (χ4v) is 1.81. The van der Waals surface area contributed by atoms with E-state index in [1.54, 1.807) is 0 Å². The molecule has 2 rings (SSSR count). The normalized spacial score (nSPS) is 9.67. The lowest BCUT2D eigenvalue weighted by Gasteiger charge is -2.02. The molecule has 0 saturated carbocycles. The highest BCUT2D eigenvalue weighted by molar-refractivity contribution is 6.50. The lowest BCUT2D eigenvalue weighted by molar-refractivity contribution is -0.385. The molecule has 0 bridgehead atoms. The van der Waals surface area contributed by atoms with Crippen molar-refractivity contribution in [2.45, 2.75) is 0 Å². The van der Waals surface area contributed by atoms with E-state index in [0.29, 0.717) is 0 Å². The van der Waals surface area contributed by atoms with E-state index < -0.39 is 22.2 Å². The Morgan fingerprint density at radius 3 is 2.43 bits per heavy atom. The summed E-state index contributed by atoms with van der Waals surface area (Å²) in [5, 5.41) is 19.7. The van der Waals surface area contributed by atoms with Crippen molar-refractivity contribution in [1.29, 1.82) is 5.26 Å². The number of ketones is 2. The molecule has 0 unspecified atom stereocenters. The minimum Gasteiger partial charge on any atom is -0.285 e. The third-order valence-electron chi connectivity index (χ3n) is 2.81. The molecule has 0 aliphatic heterocycles. The number of nitro benzene ring substituents is 1. The summed E-state index contributed by atoms with van der Waals surface area (Å²) in [6, 6.07) is 12.7. The maximum atomic E-state index is 12.1. The van der Waals surface area contributed by atoms with Gasteiger partial charge in [-0.1, -0.05) is 24.3 Å². The zero-order chi connectivity index (χ0) is 15.4. The minimum absolute atomic E-state index is 0.0252. The first kappa shape index (κ1) is 14.1. The summed E-state index contributed by atoms with van der Waals surface area (Å²) in [6.07, 6.45) is 0. The van der Waals surface area contributed by atoms with Crippen LogP contribution in [-0.4, -0.2) is 16.5 Å². The van der Waals surface area contributed by atoms with E-state index in [9.17, 15) is 19.7 Å². The van der Waals surface area contributed by atoms with Gasteiger partial charge < -0.3 is 0 Å². The maximum Gasteiger partial charge on any atom is 0.280 e. The summed E-state index contributed by atoms with van der Waals surface area (Å²) in [6.45, 7) is 0. The van der Waals surface area contributed by atoms with Crippen molar-refractivity contribution in [2.75, 3.05) is 0 Å². The van der Waals surface area contributed by atoms with Crippen LogP contribution in [0.2, 0.25) is 0 Å². The molecule has 0 aliphatic rings. The highest BCUT2D eigenvalue weighted by atomic mass is 16.6. The van der Waals surface area contributed by atoms with E-state index in [-0.39, 0.29) is 16.7 Å². The van der Waals surface area contributed by atoms with Gasteiger partial charge in [0.15, 0.2) is 0 Å². The molecule has 6 heteroatoms. The fraction of sp³-hybridized carbons (Fsp3) is 0. The zero-order valence-electron chi connectivity index (χ0n) is 10.6. The van der Waals surface area contributed by atoms with Crippen molar-refractivity contribution < 1.29 is 14.5 Å². The predicted molar refractivity (Wildman–Crippen MR) is 72.9 cm³/mol. The number of hydrogen-bond acceptors (Lipinski definition) is 5. The summed E-state index contributed by atoms with van der Waals surface area (Å²) in [7, 11) is 0. The van der Waals surface area contributed by atoms with Crippen LogP contribution in [0.1, 0.15) is 26.3 Å². The number of hydrogen-bond donors (Lipinski definition) is 0. The van der Waals surface area contributed by atoms with Gasteiger partial charge in [0, 0.05) is 11.6 Å². The molecule has 102 valence electrons. The first-order chi connectivity index (χ1) is 10.0. The molecule has 0 aliphatic carbocycles. The van der Waals surface area contributed by atoms with E-state index in [0.717, 1.165) is 6.07 Å². The smallest absolute Gasteiger partial charge is 0.280 e. The summed E-state index contributed by atoms with van der Waals surface area (Å²) in [5.74, 6) is -1.86. The lowest BCUT2D eigenvalue weighted by atomic mass is 9.99. The Hall–Kier alpha value is -3.33. The van der Waals surface area contributed by atoms with Crippen LogP contribution in [0.3, 0.4) is 0 Å². The fourth-order valence-electron chi connectivity index (χ4n) is 1.81. The van der Waals surface area contributed by atoms with Gasteiger partial charge in [0.2, 0.25) is 11.6 Å². The largest absolute Gasteiger partial charge is 0.285 e. The Bertz CT molecular complexity index is 790. The molecule has 6 nitrogen and oxygen atoms in total. The van der Waals surface area contributed by atoms with E-state index in [2.05, 4.69) is 0 Å². The van der Waals surface area contributed by atoms with Crippen molar-refractivity contribution >= 4 is 17.3 Å². The molecule has 0 amide bonds. The number of nitrogens with zero attached hydrogens (tertiary/aromatic N) is 2. The highest BCUT2D eigenvalue weighted by Gasteiger charge is 2.25. The van der Waals surface area contributed by atoms with Gasteiger partial charge in [-0.3, -0.25) is 19.7 Å². The molecule has 0 spiro atoms. The molecule has 0 aromatic heterocycles. The van der Waals surface area contributed by atoms with Crippen LogP contribution in [0, 0.1) is 21.4 Å². The van der Waals surface area contributed by atoms with Crippen molar-refractivity contribution in [3.05, 3.63) is 75.3 Å². The van der Waals surface area contributed by atoms with Crippen molar-refractivity contribution in [1.82, 2.24) is 0 Å². The number of nitro groups is 1. The van der Waals surface area contributed by atoms with Gasteiger partial charge in [-0.15, -0.1) is 0 Å². The van der Waals surface area contributed by atoms with Crippen LogP contribution in [0.5, 0.6) is 0 Å². The number of Topliss-reactive ketones (excluding diaryl/α,β-unsaturated/α-hetero) is 2. The molecule has 0 radical (unpaired) electrons. The van der Waals surface area contributed by atoms with Gasteiger partial charge in [0.05, 0.1) is 16.6 Å². The van der Waals surface area contributed by atoms with Gasteiger partial charge in [-0.2, -0.15) is 5.26 Å². The van der Waals surface area contributed by atoms with Crippen molar-refractivity contribution in [3.63, 3.8) is 0 Å². The minimum atomic E-state index is -0.975. The molecule has 2 aromatic carbocycles. The van der Waals surface area contributed by atoms with Crippen LogP contribution >= 0.6 is 0 Å². The molecule has 0 N–H and O–H groups in total. The monoisotopic (exact) mass is 280 g/mol. The molecular weight excluding hydrogens is 272 g/mol. The Labute approximate surface area is 119 Å². The molecule has 0 fully saturated rings. The number of para-hydroxylation sites is 1. The Morgan fingerprint density at radius 2 is 1.76 bits per heavy atom. The van der Waals surface area contributed by atoms with Gasteiger partial charge in [-0.25, -0.2) is 0 Å². The van der Waals surface area contributed by atoms with E-state index in [1.165, 1.54) is 42.5 Å². The van der Waals surface area contributed by atoms with E-state index >= 15 is 0 Å². The molecule has 0 atom stereocenters. The number of carbonyl (C=O) groups excluding carboxylic acids is 2. The number of rotatable bonds is 4. The van der Waals surface area contributed by atoms with Crippen molar-refractivity contribution in [3.8, 4) is 6.07 Å². The van der Waals surface area contributed by atoms with Gasteiger partial charge >= 0.3 is 0 Å². The summed E-state index contributed by atoms with van der Waals surface area (Å²) >= 11 is 0. The van der Waals surface area contributed by atoms with Crippen LogP contribution in [0.4, 0.5) is 5.69 Å². The summed E-state index contributed by atoms with van der Waals surface area (Å²) in [5.41, 5.74) is -0.435. The molecule has 2 aromatic rings. The quantitative estimate of drug-likeness (QED) is 0.370. The Morgan fingerprint density at radius 1 is 1.05 bits per heavy atom. The molecule has 21 heavy (non-hydrogen) atoms. The van der Waals surface area contributed by atoms with Crippen molar-refractivity contribution in [2.24, 2.45) is 0 Å². The van der Waals surface area contributed by atoms with Crippen LogP contribution in [0.25, 0.3) is 0 Å².